The maximum Gasteiger partial charge on any atom is 0.159 e. The van der Waals surface area contributed by atoms with Gasteiger partial charge in [-0.2, -0.15) is 0 Å². The predicted molar refractivity (Wildman–Crippen MR) is 237 cm³/mol. The van der Waals surface area contributed by atoms with Crippen LogP contribution in [-0.4, -0.2) is 22.3 Å². The fourth-order valence-electron chi connectivity index (χ4n) is 9.08. The lowest BCUT2D eigenvalue weighted by atomic mass is 9.88. The third kappa shape index (κ3) is 5.00. The number of allylic oxidation sites excluding steroid dienone is 2. The minimum absolute atomic E-state index is 0.0996. The van der Waals surface area contributed by atoms with E-state index in [4.69, 9.17) is 14.7 Å². The Morgan fingerprint density at radius 1 is 0.561 bits per heavy atom. The second-order valence-corrected chi connectivity index (χ2v) is 15.9. The first-order valence-electron chi connectivity index (χ1n) is 19.4. The normalized spacial score (nSPS) is 18.5. The summed E-state index contributed by atoms with van der Waals surface area (Å²) in [6.07, 6.45) is 6.27. The van der Waals surface area contributed by atoms with Crippen molar-refractivity contribution in [1.82, 2.24) is 9.88 Å². The average molecular weight is 751 g/mol. The van der Waals surface area contributed by atoms with Gasteiger partial charge in [-0.05, 0) is 18.2 Å². The molecule has 12 rings (SSSR count). The monoisotopic (exact) mass is 750 g/mol. The van der Waals surface area contributed by atoms with Gasteiger partial charge in [0.1, 0.15) is 23.9 Å². The van der Waals surface area contributed by atoms with Gasteiger partial charge in [-0.25, -0.2) is 9.98 Å². The molecule has 7 aromatic carbocycles. The van der Waals surface area contributed by atoms with Crippen molar-refractivity contribution in [3.05, 3.63) is 204 Å². The third-order valence-corrected chi connectivity index (χ3v) is 13.0. The van der Waals surface area contributed by atoms with Gasteiger partial charge >= 0.3 is 0 Å². The van der Waals surface area contributed by atoms with Crippen LogP contribution in [0.2, 0.25) is 0 Å². The first-order chi connectivity index (χ1) is 28.3. The van der Waals surface area contributed by atoms with E-state index in [9.17, 15) is 0 Å². The summed E-state index contributed by atoms with van der Waals surface area (Å²) in [5, 5.41) is 8.66. The van der Waals surface area contributed by atoms with Crippen LogP contribution in [0.15, 0.2) is 192 Å². The van der Waals surface area contributed by atoms with Crippen LogP contribution in [0.5, 0.6) is 5.75 Å². The van der Waals surface area contributed by atoms with Gasteiger partial charge in [-0.15, -0.1) is 11.3 Å². The molecule has 3 unspecified atom stereocenters. The van der Waals surface area contributed by atoms with Crippen LogP contribution >= 0.6 is 11.3 Å². The van der Waals surface area contributed by atoms with E-state index in [0.29, 0.717) is 0 Å². The van der Waals surface area contributed by atoms with Gasteiger partial charge in [0.05, 0.1) is 16.7 Å². The van der Waals surface area contributed by atoms with Crippen LogP contribution in [0.3, 0.4) is 0 Å². The molecule has 57 heavy (non-hydrogen) atoms. The summed E-state index contributed by atoms with van der Waals surface area (Å²) in [6.45, 7) is 0. The zero-order valence-electron chi connectivity index (χ0n) is 30.7. The zero-order chi connectivity index (χ0) is 37.5. The Kier molecular flexibility index (Phi) is 7.22. The fraction of sp³-hybridized carbons (Fsp3) is 0.0588. The molecule has 270 valence electrons. The van der Waals surface area contributed by atoms with Gasteiger partial charge in [-0.1, -0.05) is 164 Å². The Bertz CT molecular complexity index is 3150. The Labute approximate surface area is 333 Å². The highest BCUT2D eigenvalue weighted by Gasteiger charge is 2.40. The number of hydrogen-bond donors (Lipinski definition) is 1. The van der Waals surface area contributed by atoms with E-state index in [2.05, 4.69) is 156 Å². The van der Waals surface area contributed by atoms with Crippen LogP contribution in [-0.2, 0) is 0 Å². The van der Waals surface area contributed by atoms with Crippen molar-refractivity contribution in [2.75, 3.05) is 0 Å². The van der Waals surface area contributed by atoms with Crippen LogP contribution in [0.1, 0.15) is 34.3 Å². The summed E-state index contributed by atoms with van der Waals surface area (Å²) >= 11 is 1.84. The summed E-state index contributed by atoms with van der Waals surface area (Å²) < 4.78 is 12.1. The summed E-state index contributed by atoms with van der Waals surface area (Å²) in [4.78, 5) is 10.3. The van der Waals surface area contributed by atoms with Crippen molar-refractivity contribution >= 4 is 70.7 Å². The molecule has 1 N–H and O–H groups in total. The number of amidine groups is 2. The van der Waals surface area contributed by atoms with Crippen LogP contribution < -0.4 is 10.1 Å². The Balaban J connectivity index is 0.973. The van der Waals surface area contributed by atoms with Gasteiger partial charge < -0.3 is 14.6 Å². The molecule has 3 aliphatic rings. The summed E-state index contributed by atoms with van der Waals surface area (Å²) in [7, 11) is 0. The second-order valence-electron chi connectivity index (χ2n) is 14.8. The van der Waals surface area contributed by atoms with Crippen molar-refractivity contribution in [1.29, 1.82) is 0 Å². The van der Waals surface area contributed by atoms with Crippen LogP contribution in [0, 0.1) is 0 Å². The third-order valence-electron chi connectivity index (χ3n) is 11.7. The molecular weight excluding hydrogens is 717 g/mol. The Hall–Kier alpha value is -7.02. The predicted octanol–water partition coefficient (Wildman–Crippen LogP) is 12.3. The number of aliphatic imine (C=N–C) groups is 2. The minimum Gasteiger partial charge on any atom is -0.482 e. The molecule has 3 atom stereocenters. The van der Waals surface area contributed by atoms with Gasteiger partial charge in [0.2, 0.25) is 0 Å². The quantitative estimate of drug-likeness (QED) is 0.190. The number of ether oxygens (including phenoxy) is 1. The van der Waals surface area contributed by atoms with Crippen molar-refractivity contribution < 1.29 is 4.74 Å². The van der Waals surface area contributed by atoms with Gasteiger partial charge in [0.25, 0.3) is 0 Å². The number of nitrogens with zero attached hydrogens (tertiary/aromatic N) is 3. The number of para-hydroxylation sites is 3. The second kappa shape index (κ2) is 12.8. The van der Waals surface area contributed by atoms with E-state index in [0.717, 1.165) is 45.4 Å². The average Bonchev–Trinajstić information content (AvgIpc) is 3.97. The minimum atomic E-state index is -0.321. The van der Waals surface area contributed by atoms with Gasteiger partial charge in [-0.3, -0.25) is 0 Å². The number of hydrogen-bond acceptors (Lipinski definition) is 5. The summed E-state index contributed by atoms with van der Waals surface area (Å²) in [6, 6.07) is 57.9. The maximum atomic E-state index is 7.20. The van der Waals surface area contributed by atoms with Gasteiger partial charge in [0.15, 0.2) is 5.84 Å². The zero-order valence-corrected chi connectivity index (χ0v) is 31.5. The molecule has 6 heteroatoms. The van der Waals surface area contributed by atoms with E-state index >= 15 is 0 Å². The molecular formula is C51H34N4OS. The lowest BCUT2D eigenvalue weighted by molar-refractivity contribution is 0.273. The lowest BCUT2D eigenvalue weighted by Crippen LogP contribution is -2.33. The molecule has 2 aliphatic heterocycles. The highest BCUT2D eigenvalue weighted by atomic mass is 32.1. The van der Waals surface area contributed by atoms with Crippen molar-refractivity contribution in [3.8, 4) is 16.9 Å². The van der Waals surface area contributed by atoms with E-state index in [-0.39, 0.29) is 18.2 Å². The smallest absolute Gasteiger partial charge is 0.159 e. The molecule has 0 fully saturated rings. The molecule has 9 aromatic rings. The lowest BCUT2D eigenvalue weighted by Gasteiger charge is -2.25. The van der Waals surface area contributed by atoms with Crippen LogP contribution in [0.4, 0.5) is 0 Å². The number of aromatic nitrogens is 1. The number of benzene rings is 7. The van der Waals surface area contributed by atoms with Crippen molar-refractivity contribution in [3.63, 3.8) is 0 Å². The molecule has 1 aliphatic carbocycles. The van der Waals surface area contributed by atoms with E-state index in [1.807, 2.05) is 47.7 Å². The standard InChI is InChI=1S/C51H34N4OS/c1-3-15-31(16-4-1)49-52-50(32-17-5-2-6-18-32)54-51(53-49)41-27-13-26-40-39-25-12-24-38(47(39)57-48(40)41)37-22-11-21-35-36-23-14-30-44(46(36)56-45(35)37)55-42-28-9-7-19-33(42)34-20-8-10-29-43(34)55/h1-30,36,46,51H,(H,52,53,54). The van der Waals surface area contributed by atoms with Crippen molar-refractivity contribution in [2.45, 2.75) is 18.2 Å². The largest absolute Gasteiger partial charge is 0.482 e. The summed E-state index contributed by atoms with van der Waals surface area (Å²) in [5.41, 5.74) is 10.2. The van der Waals surface area contributed by atoms with Crippen molar-refractivity contribution in [2.24, 2.45) is 9.98 Å². The number of nitrogens with one attached hydrogen (secondary N) is 1. The molecule has 0 radical (unpaired) electrons. The first-order valence-corrected chi connectivity index (χ1v) is 20.2. The molecule has 0 saturated carbocycles. The Morgan fingerprint density at radius 2 is 1.18 bits per heavy atom. The fourth-order valence-corrected chi connectivity index (χ4v) is 10.4. The first kappa shape index (κ1) is 32.2. The molecule has 5 nitrogen and oxygen atoms in total. The molecule has 0 saturated heterocycles. The number of fused-ring (bicyclic) bond motifs is 9. The highest BCUT2D eigenvalue weighted by molar-refractivity contribution is 7.26. The number of thiophene rings is 1. The van der Waals surface area contributed by atoms with E-state index in [1.165, 1.54) is 53.1 Å². The molecule has 0 spiro atoms. The molecule has 0 amide bonds. The Morgan fingerprint density at radius 3 is 1.95 bits per heavy atom. The molecule has 0 bridgehead atoms. The van der Waals surface area contributed by atoms with Gasteiger partial charge in [0, 0.05) is 70.2 Å². The molecule has 2 aromatic heterocycles. The molecule has 4 heterocycles. The van der Waals surface area contributed by atoms with E-state index < -0.39 is 0 Å². The topological polar surface area (TPSA) is 50.9 Å². The number of rotatable bonds is 5. The van der Waals surface area contributed by atoms with Crippen LogP contribution in [0.25, 0.3) is 58.8 Å². The summed E-state index contributed by atoms with van der Waals surface area (Å²) in [5.74, 6) is 2.60. The highest BCUT2D eigenvalue weighted by Crippen LogP contribution is 2.52. The maximum absolute atomic E-state index is 7.20. The SMILES string of the molecule is C1=CC2c3cccc(-c4cccc5c4sc4c(C6N=C(c7ccccc7)N=C(c7ccccc7)N6)cccc45)c3OC2C(n2c3ccccc3c3ccccc32)=C1. The van der Waals surface area contributed by atoms with E-state index in [1.54, 1.807) is 0 Å².